The van der Waals surface area contributed by atoms with Crippen LogP contribution in [-0.4, -0.2) is 57.1 Å². The fourth-order valence-electron chi connectivity index (χ4n) is 5.80. The molecule has 0 saturated carbocycles. The van der Waals surface area contributed by atoms with E-state index in [0.29, 0.717) is 57.6 Å². The molecule has 0 spiro atoms. The van der Waals surface area contributed by atoms with E-state index >= 15 is 0 Å². The molecule has 270 valence electrons. The van der Waals surface area contributed by atoms with E-state index in [-0.39, 0.29) is 18.8 Å². The number of urea groups is 1. The molecule has 0 radical (unpaired) electrons. The number of nitrogens with one attached hydrogen (secondary N) is 1. The van der Waals surface area contributed by atoms with Crippen molar-refractivity contribution in [1.82, 2.24) is 10.4 Å². The van der Waals surface area contributed by atoms with Crippen molar-refractivity contribution in [2.75, 3.05) is 40.8 Å². The van der Waals surface area contributed by atoms with E-state index in [1.807, 2.05) is 72.8 Å². The lowest BCUT2D eigenvalue weighted by Crippen LogP contribution is -2.34. The number of hydrogen-bond acceptors (Lipinski definition) is 9. The Bertz CT molecular complexity index is 1750. The molecule has 0 aromatic heterocycles. The van der Waals surface area contributed by atoms with Gasteiger partial charge in [0.15, 0.2) is 23.0 Å². The molecule has 1 heterocycles. The first-order valence-corrected chi connectivity index (χ1v) is 17.8. The van der Waals surface area contributed by atoms with Crippen molar-refractivity contribution in [2.24, 2.45) is 0 Å². The first-order valence-electron chi connectivity index (χ1n) is 16.5. The van der Waals surface area contributed by atoms with Gasteiger partial charge in [0.2, 0.25) is 5.75 Å². The Morgan fingerprint density at radius 2 is 1.49 bits per heavy atom. The minimum atomic E-state index is -0.644. The first-order chi connectivity index (χ1) is 24.8. The number of carbonyl (C=O) groups excluding carboxylic acids is 1. The van der Waals surface area contributed by atoms with Crippen molar-refractivity contribution >= 4 is 29.4 Å². The summed E-state index contributed by atoms with van der Waals surface area (Å²) in [6.07, 6.45) is 4.90. The maximum absolute atomic E-state index is 12.5. The minimum Gasteiger partial charge on any atom is -0.493 e. The van der Waals surface area contributed by atoms with E-state index in [4.69, 9.17) is 40.0 Å². The van der Waals surface area contributed by atoms with Gasteiger partial charge in [-0.15, -0.1) is 11.8 Å². The van der Waals surface area contributed by atoms with Crippen molar-refractivity contribution in [1.29, 1.82) is 0 Å². The summed E-state index contributed by atoms with van der Waals surface area (Å²) >= 11 is 7.71. The van der Waals surface area contributed by atoms with Gasteiger partial charge in [-0.2, -0.15) is 0 Å². The van der Waals surface area contributed by atoms with Gasteiger partial charge in [-0.25, -0.2) is 9.86 Å². The van der Waals surface area contributed by atoms with E-state index in [0.717, 1.165) is 40.0 Å². The Hall–Kier alpha value is -4.55. The van der Waals surface area contributed by atoms with Crippen molar-refractivity contribution < 1.29 is 38.4 Å². The van der Waals surface area contributed by atoms with Crippen LogP contribution < -0.4 is 29.0 Å². The molecule has 2 N–H and O–H groups in total. The zero-order valence-electron chi connectivity index (χ0n) is 29.1. The number of carbonyl (C=O) groups is 1. The second-order valence-electron chi connectivity index (χ2n) is 11.6. The largest absolute Gasteiger partial charge is 0.493 e. The molecule has 4 aromatic rings. The molecule has 2 unspecified atom stereocenters. The summed E-state index contributed by atoms with van der Waals surface area (Å²) in [5.41, 5.74) is 3.54. The molecule has 1 fully saturated rings. The maximum atomic E-state index is 12.5. The Morgan fingerprint density at radius 1 is 0.882 bits per heavy atom. The van der Waals surface area contributed by atoms with Crippen LogP contribution >= 0.6 is 23.4 Å². The molecule has 4 aromatic carbocycles. The summed E-state index contributed by atoms with van der Waals surface area (Å²) in [6.45, 7) is 0.489. The molecule has 2 amide bonds. The van der Waals surface area contributed by atoms with E-state index in [1.54, 1.807) is 46.3 Å². The predicted octanol–water partition coefficient (Wildman–Crippen LogP) is 8.80. The normalized spacial score (nSPS) is 15.4. The molecular formula is C39H43ClN2O8S. The number of hydroxylamine groups is 2. The summed E-state index contributed by atoms with van der Waals surface area (Å²) in [5.74, 6) is 3.57. The summed E-state index contributed by atoms with van der Waals surface area (Å²) in [7, 11) is 6.38. The maximum Gasteiger partial charge on any atom is 0.345 e. The van der Waals surface area contributed by atoms with Crippen LogP contribution in [0.15, 0.2) is 96.0 Å². The number of amides is 2. The van der Waals surface area contributed by atoms with E-state index in [2.05, 4.69) is 11.4 Å². The number of thioether (sulfide) groups is 1. The Balaban J connectivity index is 1.32. The molecule has 2 atom stereocenters. The zero-order chi connectivity index (χ0) is 36.2. The van der Waals surface area contributed by atoms with Crippen LogP contribution in [0.2, 0.25) is 5.02 Å². The first kappa shape index (κ1) is 37.7. The number of nitrogens with zero attached hydrogens (tertiary/aromatic N) is 1. The number of allylic oxidation sites excluding steroid dienone is 1. The summed E-state index contributed by atoms with van der Waals surface area (Å²) < 4.78 is 35.5. The third-order valence-electron chi connectivity index (χ3n) is 8.31. The number of methoxy groups -OCH3 is 4. The SMILES string of the molecule is COc1cc(C2CCC(c3cc(OC)c(OC)c(OC)c3)O2)cc(C/C=C/NC(=O)N(O)Cc2ccccc2)c1OCCSc1ccc(Cl)cc1. The standard InChI is InChI=1S/C39H43ClN2O8S/c1-45-34-22-28(32-16-17-33(50-32)29-23-35(46-2)38(48-4)36(24-29)47-3)21-27(37(34)49-19-20-51-31-14-12-30(40)13-15-31)11-8-18-41-39(43)42(44)25-26-9-6-5-7-10-26/h5-10,12-15,18,21-24,32-33,44H,11,16-17,19-20,25H2,1-4H3,(H,41,43)/b18-8+. The van der Waals surface area contributed by atoms with Gasteiger partial charge in [0.05, 0.1) is 53.8 Å². The molecule has 51 heavy (non-hydrogen) atoms. The molecule has 1 aliphatic heterocycles. The molecule has 1 aliphatic rings. The van der Waals surface area contributed by atoms with Crippen LogP contribution in [-0.2, 0) is 17.7 Å². The quantitative estimate of drug-likeness (QED) is 0.0506. The molecular weight excluding hydrogens is 692 g/mol. The van der Waals surface area contributed by atoms with Crippen LogP contribution in [0.25, 0.3) is 0 Å². The second kappa shape index (κ2) is 18.6. The van der Waals surface area contributed by atoms with E-state index in [9.17, 15) is 10.0 Å². The van der Waals surface area contributed by atoms with Gasteiger partial charge in [0.1, 0.15) is 0 Å². The zero-order valence-corrected chi connectivity index (χ0v) is 30.7. The van der Waals surface area contributed by atoms with Gasteiger partial charge in [0, 0.05) is 27.4 Å². The number of halogens is 1. The third kappa shape index (κ3) is 10.0. The monoisotopic (exact) mass is 734 g/mol. The lowest BCUT2D eigenvalue weighted by molar-refractivity contribution is -0.0495. The van der Waals surface area contributed by atoms with Gasteiger partial charge in [0.25, 0.3) is 0 Å². The van der Waals surface area contributed by atoms with E-state index in [1.165, 1.54) is 6.20 Å². The highest BCUT2D eigenvalue weighted by atomic mass is 35.5. The Labute approximate surface area is 308 Å². The topological polar surface area (TPSA) is 108 Å². The van der Waals surface area contributed by atoms with E-state index < -0.39 is 6.03 Å². The van der Waals surface area contributed by atoms with Crippen LogP contribution in [0.1, 0.15) is 47.3 Å². The average Bonchev–Trinajstić information content (AvgIpc) is 3.66. The predicted molar refractivity (Wildman–Crippen MR) is 198 cm³/mol. The Kier molecular flexibility index (Phi) is 13.8. The smallest absolute Gasteiger partial charge is 0.345 e. The number of rotatable bonds is 16. The molecule has 1 saturated heterocycles. The number of ether oxygens (including phenoxy) is 6. The summed E-state index contributed by atoms with van der Waals surface area (Å²) in [4.78, 5) is 13.6. The van der Waals surface area contributed by atoms with Crippen LogP contribution in [0.4, 0.5) is 4.79 Å². The Morgan fingerprint density at radius 3 is 2.10 bits per heavy atom. The minimum absolute atomic E-state index is 0.0598. The van der Waals surface area contributed by atoms with Gasteiger partial charge >= 0.3 is 6.03 Å². The van der Waals surface area contributed by atoms with Crippen molar-refractivity contribution in [3.05, 3.63) is 118 Å². The number of benzene rings is 4. The molecule has 10 nitrogen and oxygen atoms in total. The van der Waals surface area contributed by atoms with Crippen molar-refractivity contribution in [3.8, 4) is 28.7 Å². The molecule has 0 aliphatic carbocycles. The van der Waals surface area contributed by atoms with Crippen LogP contribution in [0.5, 0.6) is 28.7 Å². The highest BCUT2D eigenvalue weighted by Crippen LogP contribution is 2.47. The van der Waals surface area contributed by atoms with Gasteiger partial charge in [-0.1, -0.05) is 48.0 Å². The number of hydrogen-bond donors (Lipinski definition) is 2. The van der Waals surface area contributed by atoms with Crippen LogP contribution in [0, 0.1) is 0 Å². The molecule has 12 heteroatoms. The van der Waals surface area contributed by atoms with Gasteiger partial charge in [-0.05, 0) is 84.5 Å². The summed E-state index contributed by atoms with van der Waals surface area (Å²) in [6, 6.07) is 24.2. The third-order valence-corrected chi connectivity index (χ3v) is 9.54. The fourth-order valence-corrected chi connectivity index (χ4v) is 6.66. The average molecular weight is 735 g/mol. The van der Waals surface area contributed by atoms with Crippen molar-refractivity contribution in [3.63, 3.8) is 0 Å². The summed E-state index contributed by atoms with van der Waals surface area (Å²) in [5, 5.41) is 14.2. The lowest BCUT2D eigenvalue weighted by Gasteiger charge is -2.20. The fraction of sp³-hybridized carbons (Fsp3) is 0.308. The highest BCUT2D eigenvalue weighted by molar-refractivity contribution is 7.99. The van der Waals surface area contributed by atoms with Crippen LogP contribution in [0.3, 0.4) is 0 Å². The second-order valence-corrected chi connectivity index (χ2v) is 13.2. The van der Waals surface area contributed by atoms with Crippen molar-refractivity contribution in [2.45, 2.75) is 42.9 Å². The van der Waals surface area contributed by atoms with Gasteiger partial charge < -0.3 is 33.7 Å². The molecule has 5 rings (SSSR count). The lowest BCUT2D eigenvalue weighted by atomic mass is 9.99. The van der Waals surface area contributed by atoms with Gasteiger partial charge in [-0.3, -0.25) is 5.21 Å². The molecule has 0 bridgehead atoms. The highest BCUT2D eigenvalue weighted by Gasteiger charge is 2.31.